The molecular weight excluding hydrogens is 270 g/mol. The monoisotopic (exact) mass is 299 g/mol. The van der Waals surface area contributed by atoms with Crippen molar-refractivity contribution in [2.24, 2.45) is 17.6 Å². The van der Waals surface area contributed by atoms with E-state index in [0.717, 1.165) is 6.42 Å². The molecule has 0 unspecified atom stereocenters. The molecule has 1 aliphatic rings. The standard InChI is InChI=1S/C15H29N3O3/c1-10(2)12(16)13(19)17-8-11-6-7-18(9-11)14(20)21-15(3,4)5/h10-12H,6-9,16H2,1-5H3,(H,17,19)/t11-,12-/m0/s1. The molecule has 1 rings (SSSR count). The fourth-order valence-corrected chi connectivity index (χ4v) is 2.16. The van der Waals surface area contributed by atoms with Crippen LogP contribution in [0.4, 0.5) is 4.79 Å². The Hall–Kier alpha value is -1.30. The van der Waals surface area contributed by atoms with Gasteiger partial charge in [0.2, 0.25) is 5.91 Å². The molecule has 122 valence electrons. The van der Waals surface area contributed by atoms with Crippen molar-refractivity contribution in [3.8, 4) is 0 Å². The molecule has 21 heavy (non-hydrogen) atoms. The first kappa shape index (κ1) is 17.8. The second-order valence-electron chi connectivity index (χ2n) is 7.10. The smallest absolute Gasteiger partial charge is 0.410 e. The number of nitrogens with two attached hydrogens (primary N) is 1. The van der Waals surface area contributed by atoms with Crippen LogP contribution in [0, 0.1) is 11.8 Å². The molecule has 3 N–H and O–H groups in total. The predicted octanol–water partition coefficient (Wildman–Crippen LogP) is 1.34. The molecule has 6 nitrogen and oxygen atoms in total. The van der Waals surface area contributed by atoms with Crippen LogP contribution in [0.1, 0.15) is 41.0 Å². The fourth-order valence-electron chi connectivity index (χ4n) is 2.16. The second kappa shape index (κ2) is 7.11. The van der Waals surface area contributed by atoms with Gasteiger partial charge in [-0.25, -0.2) is 4.79 Å². The van der Waals surface area contributed by atoms with Crippen LogP contribution in [0.3, 0.4) is 0 Å². The van der Waals surface area contributed by atoms with Gasteiger partial charge in [-0.15, -0.1) is 0 Å². The van der Waals surface area contributed by atoms with Crippen LogP contribution in [0.2, 0.25) is 0 Å². The molecule has 1 aliphatic heterocycles. The third-order valence-electron chi connectivity index (χ3n) is 3.52. The number of carbonyl (C=O) groups is 2. The zero-order valence-electron chi connectivity index (χ0n) is 13.8. The van der Waals surface area contributed by atoms with Crippen molar-refractivity contribution in [2.45, 2.75) is 52.7 Å². The van der Waals surface area contributed by atoms with Crippen molar-refractivity contribution in [3.05, 3.63) is 0 Å². The van der Waals surface area contributed by atoms with E-state index in [-0.39, 0.29) is 23.8 Å². The lowest BCUT2D eigenvalue weighted by Gasteiger charge is -2.24. The predicted molar refractivity (Wildman–Crippen MR) is 81.7 cm³/mol. The topological polar surface area (TPSA) is 84.7 Å². The first-order chi connectivity index (χ1) is 9.60. The van der Waals surface area contributed by atoms with Gasteiger partial charge in [-0.2, -0.15) is 0 Å². The molecule has 2 atom stereocenters. The van der Waals surface area contributed by atoms with E-state index in [1.165, 1.54) is 0 Å². The minimum atomic E-state index is -0.479. The molecule has 0 bridgehead atoms. The summed E-state index contributed by atoms with van der Waals surface area (Å²) in [5.41, 5.74) is 5.31. The number of ether oxygens (including phenoxy) is 1. The third kappa shape index (κ3) is 5.91. The molecule has 0 aromatic rings. The number of amides is 2. The normalized spacial score (nSPS) is 20.5. The summed E-state index contributed by atoms with van der Waals surface area (Å²) in [6.07, 6.45) is 0.589. The van der Waals surface area contributed by atoms with E-state index < -0.39 is 11.6 Å². The van der Waals surface area contributed by atoms with E-state index in [2.05, 4.69) is 5.32 Å². The lowest BCUT2D eigenvalue weighted by molar-refractivity contribution is -0.123. The van der Waals surface area contributed by atoms with E-state index >= 15 is 0 Å². The largest absolute Gasteiger partial charge is 0.444 e. The van der Waals surface area contributed by atoms with Crippen LogP contribution in [-0.2, 0) is 9.53 Å². The number of rotatable bonds is 4. The second-order valence-corrected chi connectivity index (χ2v) is 7.10. The lowest BCUT2D eigenvalue weighted by Crippen LogP contribution is -2.45. The summed E-state index contributed by atoms with van der Waals surface area (Å²) < 4.78 is 5.34. The molecule has 1 fully saturated rings. The number of carbonyl (C=O) groups excluding carboxylic acids is 2. The summed E-state index contributed by atoms with van der Waals surface area (Å²) in [6, 6.07) is -0.478. The summed E-state index contributed by atoms with van der Waals surface area (Å²) in [7, 11) is 0. The maximum Gasteiger partial charge on any atom is 0.410 e. The highest BCUT2D eigenvalue weighted by Crippen LogP contribution is 2.19. The van der Waals surface area contributed by atoms with Gasteiger partial charge in [0.05, 0.1) is 6.04 Å². The highest BCUT2D eigenvalue weighted by atomic mass is 16.6. The Labute approximate surface area is 127 Å². The minimum absolute atomic E-state index is 0.117. The van der Waals surface area contributed by atoms with E-state index in [0.29, 0.717) is 19.6 Å². The molecule has 0 aromatic heterocycles. The number of likely N-dealkylation sites (tertiary alicyclic amines) is 1. The lowest BCUT2D eigenvalue weighted by atomic mass is 10.0. The van der Waals surface area contributed by atoms with Crippen molar-refractivity contribution >= 4 is 12.0 Å². The van der Waals surface area contributed by atoms with Gasteiger partial charge in [-0.1, -0.05) is 13.8 Å². The van der Waals surface area contributed by atoms with Crippen LogP contribution < -0.4 is 11.1 Å². The van der Waals surface area contributed by atoms with Crippen molar-refractivity contribution in [1.82, 2.24) is 10.2 Å². The van der Waals surface area contributed by atoms with Gasteiger partial charge >= 0.3 is 6.09 Å². The van der Waals surface area contributed by atoms with Gasteiger partial charge in [0.25, 0.3) is 0 Å². The zero-order valence-corrected chi connectivity index (χ0v) is 13.8. The average molecular weight is 299 g/mol. The van der Waals surface area contributed by atoms with Gasteiger partial charge in [0, 0.05) is 19.6 Å². The minimum Gasteiger partial charge on any atom is -0.444 e. The molecule has 1 saturated heterocycles. The summed E-state index contributed by atoms with van der Waals surface area (Å²) >= 11 is 0. The Balaban J connectivity index is 2.35. The number of nitrogens with zero attached hydrogens (tertiary/aromatic N) is 1. The molecule has 2 amide bonds. The molecule has 0 aromatic carbocycles. The van der Waals surface area contributed by atoms with Crippen LogP contribution in [-0.4, -0.2) is 48.2 Å². The molecule has 0 radical (unpaired) electrons. The molecule has 0 aliphatic carbocycles. The highest BCUT2D eigenvalue weighted by molar-refractivity contribution is 5.81. The van der Waals surface area contributed by atoms with Crippen molar-refractivity contribution in [3.63, 3.8) is 0 Å². The van der Waals surface area contributed by atoms with E-state index in [1.54, 1.807) is 4.90 Å². The summed E-state index contributed by atoms with van der Waals surface area (Å²) in [5.74, 6) is 0.258. The van der Waals surface area contributed by atoms with Gasteiger partial charge in [-0.3, -0.25) is 4.79 Å². The number of nitrogens with one attached hydrogen (secondary N) is 1. The maximum absolute atomic E-state index is 11.9. The van der Waals surface area contributed by atoms with Crippen molar-refractivity contribution in [2.75, 3.05) is 19.6 Å². The van der Waals surface area contributed by atoms with Gasteiger partial charge in [-0.05, 0) is 39.0 Å². The number of hydrogen-bond acceptors (Lipinski definition) is 4. The van der Waals surface area contributed by atoms with E-state index in [4.69, 9.17) is 10.5 Å². The van der Waals surface area contributed by atoms with Crippen LogP contribution in [0.5, 0.6) is 0 Å². The molecule has 0 saturated carbocycles. The maximum atomic E-state index is 11.9. The van der Waals surface area contributed by atoms with Gasteiger partial charge in [0.15, 0.2) is 0 Å². The first-order valence-corrected chi connectivity index (χ1v) is 7.61. The highest BCUT2D eigenvalue weighted by Gasteiger charge is 2.30. The van der Waals surface area contributed by atoms with Crippen LogP contribution >= 0.6 is 0 Å². The molecular formula is C15H29N3O3. The van der Waals surface area contributed by atoms with Crippen LogP contribution in [0.25, 0.3) is 0 Å². The van der Waals surface area contributed by atoms with Gasteiger partial charge < -0.3 is 20.7 Å². The molecule has 6 heteroatoms. The molecule has 0 spiro atoms. The number of hydrogen-bond donors (Lipinski definition) is 2. The Morgan fingerprint density at radius 2 is 2.00 bits per heavy atom. The Bertz CT molecular complexity index is 377. The van der Waals surface area contributed by atoms with Crippen molar-refractivity contribution in [1.29, 1.82) is 0 Å². The SMILES string of the molecule is CC(C)[C@H](N)C(=O)NC[C@@H]1CCN(C(=O)OC(C)(C)C)C1. The fraction of sp³-hybridized carbons (Fsp3) is 0.867. The summed E-state index contributed by atoms with van der Waals surface area (Å²) in [4.78, 5) is 25.4. The first-order valence-electron chi connectivity index (χ1n) is 7.61. The summed E-state index contributed by atoms with van der Waals surface area (Å²) in [6.45, 7) is 11.2. The van der Waals surface area contributed by atoms with Crippen molar-refractivity contribution < 1.29 is 14.3 Å². The quantitative estimate of drug-likeness (QED) is 0.820. The Morgan fingerprint density at radius 1 is 1.38 bits per heavy atom. The zero-order chi connectivity index (χ0) is 16.2. The Kier molecular flexibility index (Phi) is 6.01. The molecule has 1 heterocycles. The average Bonchev–Trinajstić information content (AvgIpc) is 2.81. The Morgan fingerprint density at radius 3 is 2.52 bits per heavy atom. The van der Waals surface area contributed by atoms with Gasteiger partial charge in [0.1, 0.15) is 5.60 Å². The van der Waals surface area contributed by atoms with E-state index in [1.807, 2.05) is 34.6 Å². The van der Waals surface area contributed by atoms with Crippen LogP contribution in [0.15, 0.2) is 0 Å². The third-order valence-corrected chi connectivity index (χ3v) is 3.52. The summed E-state index contributed by atoms with van der Waals surface area (Å²) in [5, 5.41) is 2.87. The van der Waals surface area contributed by atoms with E-state index in [9.17, 15) is 9.59 Å².